The number of aromatic nitrogens is 2. The molecule has 220 valence electrons. The van der Waals surface area contributed by atoms with Crippen LogP contribution in [-0.2, 0) is 37.9 Å². The van der Waals surface area contributed by atoms with E-state index in [1.807, 2.05) is 0 Å². The summed E-state index contributed by atoms with van der Waals surface area (Å²) in [5, 5.41) is 13.9. The summed E-state index contributed by atoms with van der Waals surface area (Å²) in [6.45, 7) is 2.18. The number of nitrogens with zero attached hydrogens (tertiary/aromatic N) is 3. The Morgan fingerprint density at radius 1 is 1.25 bits per heavy atom. The molecule has 0 bridgehead atoms. The maximum absolute atomic E-state index is 12.7. The molecule has 40 heavy (non-hydrogen) atoms. The largest absolute Gasteiger partial charge is 0.464 e. The lowest BCUT2D eigenvalue weighted by Crippen LogP contribution is -2.30. The Morgan fingerprint density at radius 2 is 2.02 bits per heavy atom. The highest BCUT2D eigenvalue weighted by atomic mass is 32.7. The molecule has 0 aromatic carbocycles. The van der Waals surface area contributed by atoms with Crippen molar-refractivity contribution in [2.24, 2.45) is 0 Å². The lowest BCUT2D eigenvalue weighted by molar-refractivity contribution is -0.153. The summed E-state index contributed by atoms with van der Waals surface area (Å²) in [6.07, 6.45) is -0.528. The summed E-state index contributed by atoms with van der Waals surface area (Å²) in [7, 11) is 1.77. The van der Waals surface area contributed by atoms with Crippen molar-refractivity contribution in [2.45, 2.75) is 63.9 Å². The summed E-state index contributed by atoms with van der Waals surface area (Å²) in [5.74, 6) is -1.08. The van der Waals surface area contributed by atoms with Gasteiger partial charge in [-0.05, 0) is 20.0 Å². The Labute approximate surface area is 237 Å². The summed E-state index contributed by atoms with van der Waals surface area (Å²) < 4.78 is 23.3. The fourth-order valence-electron chi connectivity index (χ4n) is 3.41. The molecule has 1 fully saturated rings. The molecule has 0 saturated carbocycles. The monoisotopic (exact) mass is 599 g/mol. The van der Waals surface area contributed by atoms with Crippen LogP contribution in [0, 0.1) is 11.3 Å². The van der Waals surface area contributed by atoms with Gasteiger partial charge in [0.2, 0.25) is 5.91 Å². The van der Waals surface area contributed by atoms with E-state index >= 15 is 0 Å². The van der Waals surface area contributed by atoms with Crippen molar-refractivity contribution in [1.29, 1.82) is 5.26 Å². The maximum Gasteiger partial charge on any atom is 0.351 e. The predicted molar refractivity (Wildman–Crippen MR) is 147 cm³/mol. The van der Waals surface area contributed by atoms with E-state index < -0.39 is 42.0 Å². The normalized spacial score (nSPS) is 18.4. The Kier molecular flexibility index (Phi) is 15.4. The van der Waals surface area contributed by atoms with Crippen LogP contribution in [0.5, 0.6) is 0 Å². The fraction of sp³-hybridized carbons (Fsp3) is 0.625. The number of likely N-dealkylation sites (N-methyl/N-ethyl adjacent to an activating group) is 1. The second-order valence-electron chi connectivity index (χ2n) is 8.62. The standard InChI is InChI=1S/C24H34N5O9PS/c1-16(30)4-6-23(33)38-17-14-21(37-18(17)15-36-39-40-13-3-9-25)29-11-8-19(28-24(29)34)27-20(31)5-7-22(32)35-12-10-26-2/h8,11,17-18,21,26,39H,3-7,10,12-15H2,1-2H3,(H,27,28,31,34)/t17-,18?,21-/m1/s1. The van der Waals surface area contributed by atoms with E-state index in [0.29, 0.717) is 18.7 Å². The number of ether oxygens (including phenoxy) is 3. The molecule has 4 atom stereocenters. The summed E-state index contributed by atoms with van der Waals surface area (Å²) in [4.78, 5) is 63.9. The van der Waals surface area contributed by atoms with Gasteiger partial charge in [-0.15, -0.1) is 11.4 Å². The molecular formula is C24H34N5O9PS. The van der Waals surface area contributed by atoms with Gasteiger partial charge in [-0.2, -0.15) is 10.2 Å². The van der Waals surface area contributed by atoms with E-state index in [4.69, 9.17) is 24.0 Å². The van der Waals surface area contributed by atoms with Gasteiger partial charge in [-0.1, -0.05) is 0 Å². The minimum Gasteiger partial charge on any atom is -0.464 e. The third-order valence-electron chi connectivity index (χ3n) is 5.40. The molecule has 14 nitrogen and oxygen atoms in total. The molecule has 0 radical (unpaired) electrons. The molecule has 1 aliphatic rings. The first-order valence-electron chi connectivity index (χ1n) is 12.6. The number of carbonyl (C=O) groups excluding carboxylic acids is 4. The van der Waals surface area contributed by atoms with Crippen LogP contribution < -0.4 is 16.3 Å². The van der Waals surface area contributed by atoms with Crippen LogP contribution in [0.25, 0.3) is 0 Å². The van der Waals surface area contributed by atoms with Gasteiger partial charge in [0, 0.05) is 44.2 Å². The summed E-state index contributed by atoms with van der Waals surface area (Å²) in [6, 6.07) is 3.47. The van der Waals surface area contributed by atoms with Gasteiger partial charge >= 0.3 is 17.6 Å². The highest BCUT2D eigenvalue weighted by molar-refractivity contribution is 8.48. The third-order valence-corrected chi connectivity index (χ3v) is 7.53. The number of esters is 2. The first-order valence-corrected chi connectivity index (χ1v) is 15.2. The number of nitrogens with one attached hydrogen (secondary N) is 2. The molecule has 1 saturated heterocycles. The van der Waals surface area contributed by atoms with Crippen LogP contribution in [0.1, 0.15) is 51.7 Å². The van der Waals surface area contributed by atoms with Crippen molar-refractivity contribution in [3.8, 4) is 6.07 Å². The first kappa shape index (κ1) is 33.3. The number of carbonyl (C=O) groups is 4. The number of amides is 1. The van der Waals surface area contributed by atoms with Gasteiger partial charge in [-0.3, -0.25) is 19.0 Å². The molecule has 1 amide bonds. The molecule has 2 N–H and O–H groups in total. The van der Waals surface area contributed by atoms with Crippen LogP contribution in [-0.4, -0.2) is 77.9 Å². The van der Waals surface area contributed by atoms with Crippen LogP contribution >= 0.6 is 19.4 Å². The van der Waals surface area contributed by atoms with Crippen LogP contribution in [0.2, 0.25) is 0 Å². The number of hydrogen-bond donors (Lipinski definition) is 2. The Balaban J connectivity index is 1.97. The number of nitriles is 1. The van der Waals surface area contributed by atoms with E-state index in [9.17, 15) is 24.0 Å². The number of Topliss-reactive ketones (excluding diaryl/α,β-unsaturated/α-hetero) is 1. The number of hydrogen-bond acceptors (Lipinski definition) is 13. The van der Waals surface area contributed by atoms with Crippen LogP contribution in [0.3, 0.4) is 0 Å². The van der Waals surface area contributed by atoms with E-state index in [1.165, 1.54) is 35.1 Å². The lowest BCUT2D eigenvalue weighted by atomic mass is 10.2. The SMILES string of the molecule is CNCCOC(=O)CCC(=O)Nc1ccn([C@H]2C[C@@H](OC(=O)CCC(C)=O)C(COPSCCC#N)O2)c(=O)n1. The van der Waals surface area contributed by atoms with E-state index in [0.717, 1.165) is 0 Å². The zero-order valence-electron chi connectivity index (χ0n) is 22.4. The van der Waals surface area contributed by atoms with Gasteiger partial charge < -0.3 is 34.2 Å². The molecule has 16 heteroatoms. The van der Waals surface area contributed by atoms with Crippen molar-refractivity contribution in [1.82, 2.24) is 14.9 Å². The minimum absolute atomic E-state index is 0.00971. The van der Waals surface area contributed by atoms with Gasteiger partial charge in [-0.25, -0.2) is 4.79 Å². The highest BCUT2D eigenvalue weighted by Crippen LogP contribution is 2.35. The first-order chi connectivity index (χ1) is 19.2. The molecule has 1 aromatic heterocycles. The third kappa shape index (κ3) is 12.5. The minimum atomic E-state index is -0.814. The molecule has 1 aliphatic heterocycles. The van der Waals surface area contributed by atoms with Gasteiger partial charge in [0.1, 0.15) is 36.6 Å². The summed E-state index contributed by atoms with van der Waals surface area (Å²) >= 11 is 1.46. The van der Waals surface area contributed by atoms with Crippen molar-refractivity contribution in [3.63, 3.8) is 0 Å². The molecule has 1 aromatic rings. The Hall–Kier alpha value is -2.89. The van der Waals surface area contributed by atoms with Gasteiger partial charge in [0.15, 0.2) is 0 Å². The number of anilines is 1. The predicted octanol–water partition coefficient (Wildman–Crippen LogP) is 1.47. The zero-order chi connectivity index (χ0) is 29.3. The Bertz CT molecular complexity index is 1110. The van der Waals surface area contributed by atoms with Crippen LogP contribution in [0.4, 0.5) is 5.82 Å². The topological polar surface area (TPSA) is 188 Å². The number of ketones is 1. The molecular weight excluding hydrogens is 565 g/mol. The zero-order valence-corrected chi connectivity index (χ0v) is 24.2. The maximum atomic E-state index is 12.7. The summed E-state index contributed by atoms with van der Waals surface area (Å²) in [5.41, 5.74) is -0.702. The van der Waals surface area contributed by atoms with Crippen molar-refractivity contribution in [2.75, 3.05) is 37.9 Å². The lowest BCUT2D eigenvalue weighted by Gasteiger charge is -2.18. The Morgan fingerprint density at radius 3 is 2.73 bits per heavy atom. The van der Waals surface area contributed by atoms with Gasteiger partial charge in [0.25, 0.3) is 0 Å². The number of rotatable bonds is 18. The average molecular weight is 600 g/mol. The molecule has 2 rings (SSSR count). The molecule has 0 aliphatic carbocycles. The smallest absolute Gasteiger partial charge is 0.351 e. The van der Waals surface area contributed by atoms with Crippen LogP contribution in [0.15, 0.2) is 17.1 Å². The second-order valence-corrected chi connectivity index (χ2v) is 11.1. The van der Waals surface area contributed by atoms with Crippen molar-refractivity contribution >= 4 is 48.8 Å². The quantitative estimate of drug-likeness (QED) is 0.140. The molecule has 0 spiro atoms. The van der Waals surface area contributed by atoms with E-state index in [2.05, 4.69) is 21.7 Å². The fourth-order valence-corrected chi connectivity index (χ4v) is 5.01. The van der Waals surface area contributed by atoms with E-state index in [1.54, 1.807) is 7.05 Å². The highest BCUT2D eigenvalue weighted by Gasteiger charge is 2.39. The average Bonchev–Trinajstić information content (AvgIpc) is 3.30. The molecule has 2 heterocycles. The van der Waals surface area contributed by atoms with Crippen molar-refractivity contribution < 1.29 is 37.9 Å². The van der Waals surface area contributed by atoms with Crippen molar-refractivity contribution in [3.05, 3.63) is 22.7 Å². The second kappa shape index (κ2) is 18.5. The van der Waals surface area contributed by atoms with Gasteiger partial charge in [0.05, 0.1) is 33.5 Å². The molecule has 2 unspecified atom stereocenters. The van der Waals surface area contributed by atoms with E-state index in [-0.39, 0.29) is 64.9 Å².